The maximum atomic E-state index is 12.3. The highest BCUT2D eigenvalue weighted by molar-refractivity contribution is 7.99. The van der Waals surface area contributed by atoms with Crippen LogP contribution in [0, 0.1) is 0 Å². The van der Waals surface area contributed by atoms with Gasteiger partial charge in [0.25, 0.3) is 0 Å². The van der Waals surface area contributed by atoms with Crippen molar-refractivity contribution in [3.63, 3.8) is 0 Å². The second kappa shape index (κ2) is 13.2. The number of Topliss-reactive ketones (excluding diaryl/α,β-unsaturated/α-hetero) is 1. The first-order chi connectivity index (χ1) is 17.3. The normalized spacial score (nSPS) is 11.9. The summed E-state index contributed by atoms with van der Waals surface area (Å²) in [5.74, 6) is -0.856. The van der Waals surface area contributed by atoms with Gasteiger partial charge in [0, 0.05) is 22.3 Å². The molecule has 9 heteroatoms. The van der Waals surface area contributed by atoms with Crippen LogP contribution in [0.5, 0.6) is 5.75 Å². The number of para-hydroxylation sites is 1. The Kier molecular flexibility index (Phi) is 9.79. The van der Waals surface area contributed by atoms with E-state index in [1.54, 1.807) is 60.7 Å². The molecule has 0 aliphatic carbocycles. The highest BCUT2D eigenvalue weighted by Gasteiger charge is 2.13. The zero-order valence-corrected chi connectivity index (χ0v) is 20.6. The number of nitrogens with zero attached hydrogens (tertiary/aromatic N) is 1. The second-order valence-corrected chi connectivity index (χ2v) is 8.76. The minimum Gasteiger partial charge on any atom is -0.491 e. The first-order valence-electron chi connectivity index (χ1n) is 11.0. The molecule has 0 bridgehead atoms. The van der Waals surface area contributed by atoms with Crippen LogP contribution in [0.15, 0.2) is 93.8 Å². The van der Waals surface area contributed by atoms with Crippen molar-refractivity contribution in [3.05, 3.63) is 90.0 Å². The summed E-state index contributed by atoms with van der Waals surface area (Å²) < 4.78 is 10.6. The van der Waals surface area contributed by atoms with E-state index in [-0.39, 0.29) is 24.7 Å². The average Bonchev–Trinajstić information content (AvgIpc) is 2.90. The number of ketones is 1. The van der Waals surface area contributed by atoms with Gasteiger partial charge in [-0.15, -0.1) is 0 Å². The fourth-order valence-corrected chi connectivity index (χ4v) is 3.68. The van der Waals surface area contributed by atoms with Crippen molar-refractivity contribution in [2.24, 2.45) is 5.16 Å². The molecule has 8 nitrogen and oxygen atoms in total. The van der Waals surface area contributed by atoms with Crippen LogP contribution in [0.2, 0.25) is 0 Å². The highest BCUT2D eigenvalue weighted by atomic mass is 32.2. The minimum absolute atomic E-state index is 0.00974. The molecule has 0 heterocycles. The molecule has 0 aliphatic heterocycles. The number of hydrogen-bond acceptors (Lipinski definition) is 9. The van der Waals surface area contributed by atoms with E-state index < -0.39 is 18.0 Å². The lowest BCUT2D eigenvalue weighted by Crippen LogP contribution is -2.25. The lowest BCUT2D eigenvalue weighted by atomic mass is 10.1. The van der Waals surface area contributed by atoms with E-state index in [4.69, 9.17) is 9.47 Å². The molecule has 0 saturated carbocycles. The van der Waals surface area contributed by atoms with E-state index in [1.807, 2.05) is 18.2 Å². The number of esters is 1. The third-order valence-corrected chi connectivity index (χ3v) is 5.69. The molecule has 0 aromatic heterocycles. The number of hydrogen-bond donors (Lipinski definition) is 1. The molecule has 36 heavy (non-hydrogen) atoms. The third-order valence-electron chi connectivity index (χ3n) is 4.67. The number of carbonyl (C=O) groups is 3. The summed E-state index contributed by atoms with van der Waals surface area (Å²) in [6.45, 7) is 2.50. The van der Waals surface area contributed by atoms with Crippen molar-refractivity contribution >= 4 is 35.2 Å². The van der Waals surface area contributed by atoms with Crippen LogP contribution in [-0.2, 0) is 14.4 Å². The van der Waals surface area contributed by atoms with Gasteiger partial charge in [0.2, 0.25) is 5.78 Å². The highest BCUT2D eigenvalue weighted by Crippen LogP contribution is 2.28. The number of aliphatic hydroxyl groups excluding tert-OH is 1. The molecule has 1 unspecified atom stereocenters. The second-order valence-electron chi connectivity index (χ2n) is 7.62. The zero-order valence-electron chi connectivity index (χ0n) is 19.7. The number of ether oxygens (including phenoxy) is 2. The largest absolute Gasteiger partial charge is 0.491 e. The van der Waals surface area contributed by atoms with Gasteiger partial charge < -0.3 is 19.4 Å². The van der Waals surface area contributed by atoms with Crippen LogP contribution in [0.25, 0.3) is 0 Å². The maximum absolute atomic E-state index is 12.3. The van der Waals surface area contributed by atoms with Gasteiger partial charge in [-0.1, -0.05) is 35.1 Å². The Morgan fingerprint density at radius 2 is 1.42 bits per heavy atom. The SMILES string of the molecule is CC(=O)O/N=C(\C)C(=O)c1ccc(Sc2ccc(C(=O)OCC(O)COc3ccccc3)cc2)cc1. The Bertz CT molecular complexity index is 1210. The van der Waals surface area contributed by atoms with Crippen molar-refractivity contribution < 1.29 is 33.8 Å². The molecule has 0 aliphatic rings. The van der Waals surface area contributed by atoms with Crippen LogP contribution >= 0.6 is 11.8 Å². The summed E-state index contributed by atoms with van der Waals surface area (Å²) in [6, 6.07) is 22.8. The Morgan fingerprint density at radius 3 is 2.00 bits per heavy atom. The van der Waals surface area contributed by atoms with E-state index >= 15 is 0 Å². The molecular weight excluding hydrogens is 482 g/mol. The maximum Gasteiger partial charge on any atom is 0.338 e. The van der Waals surface area contributed by atoms with Crippen molar-refractivity contribution in [2.75, 3.05) is 13.2 Å². The fraction of sp³-hybridized carbons (Fsp3) is 0.185. The van der Waals surface area contributed by atoms with E-state index in [9.17, 15) is 19.5 Å². The molecule has 0 spiro atoms. The van der Waals surface area contributed by atoms with E-state index in [2.05, 4.69) is 9.99 Å². The van der Waals surface area contributed by atoms with Crippen LogP contribution in [0.1, 0.15) is 34.6 Å². The molecule has 0 saturated heterocycles. The van der Waals surface area contributed by atoms with Gasteiger partial charge in [-0.25, -0.2) is 9.59 Å². The summed E-state index contributed by atoms with van der Waals surface area (Å²) in [7, 11) is 0. The lowest BCUT2D eigenvalue weighted by Gasteiger charge is -2.13. The van der Waals surface area contributed by atoms with Crippen molar-refractivity contribution in [2.45, 2.75) is 29.7 Å². The van der Waals surface area contributed by atoms with Crippen molar-refractivity contribution in [3.8, 4) is 5.75 Å². The summed E-state index contributed by atoms with van der Waals surface area (Å²) >= 11 is 1.45. The Labute approximate surface area is 212 Å². The lowest BCUT2D eigenvalue weighted by molar-refractivity contribution is -0.140. The molecular formula is C27H25NO7S. The quantitative estimate of drug-likeness (QED) is 0.132. The van der Waals surface area contributed by atoms with Crippen LogP contribution in [0.3, 0.4) is 0 Å². The fourth-order valence-electron chi connectivity index (χ4n) is 2.87. The van der Waals surface area contributed by atoms with Gasteiger partial charge in [0.1, 0.15) is 30.8 Å². The van der Waals surface area contributed by atoms with E-state index in [1.165, 1.54) is 25.6 Å². The van der Waals surface area contributed by atoms with Gasteiger partial charge in [0.15, 0.2) is 0 Å². The monoisotopic (exact) mass is 507 g/mol. The summed E-state index contributed by atoms with van der Waals surface area (Å²) in [4.78, 5) is 41.7. The van der Waals surface area contributed by atoms with Crippen molar-refractivity contribution in [1.29, 1.82) is 0 Å². The first-order valence-corrected chi connectivity index (χ1v) is 11.8. The van der Waals surface area contributed by atoms with Gasteiger partial charge in [0.05, 0.1) is 5.56 Å². The minimum atomic E-state index is -0.949. The van der Waals surface area contributed by atoms with E-state index in [0.29, 0.717) is 16.9 Å². The summed E-state index contributed by atoms with van der Waals surface area (Å²) in [5.41, 5.74) is 0.852. The average molecular weight is 508 g/mol. The van der Waals surface area contributed by atoms with Gasteiger partial charge in [-0.2, -0.15) is 0 Å². The van der Waals surface area contributed by atoms with Gasteiger partial charge >= 0.3 is 11.9 Å². The number of benzene rings is 3. The van der Waals surface area contributed by atoms with Crippen molar-refractivity contribution in [1.82, 2.24) is 0 Å². The molecule has 0 fully saturated rings. The summed E-state index contributed by atoms with van der Waals surface area (Å²) in [5, 5.41) is 13.5. The number of carbonyl (C=O) groups excluding carboxylic acids is 3. The zero-order chi connectivity index (χ0) is 25.9. The molecule has 1 N–H and O–H groups in total. The Balaban J connectivity index is 1.48. The molecule has 3 rings (SSSR count). The Hall–Kier alpha value is -3.95. The molecule has 0 radical (unpaired) electrons. The molecule has 186 valence electrons. The summed E-state index contributed by atoms with van der Waals surface area (Å²) in [6.07, 6.45) is -0.949. The van der Waals surface area contributed by atoms with Gasteiger partial charge in [-0.05, 0) is 67.6 Å². The molecule has 0 amide bonds. The van der Waals surface area contributed by atoms with Crippen LogP contribution < -0.4 is 4.74 Å². The van der Waals surface area contributed by atoms with Gasteiger partial charge in [-0.3, -0.25) is 4.79 Å². The predicted octanol–water partition coefficient (Wildman–Crippen LogP) is 4.56. The standard InChI is InChI=1S/C27H25NO7S/c1-18(28-35-19(2)29)26(31)20-8-12-24(13-9-20)36-25-14-10-21(11-15-25)27(32)34-17-22(30)16-33-23-6-4-3-5-7-23/h3-15,22,30H,16-17H2,1-2H3/b28-18+. The van der Waals surface area contributed by atoms with Crippen LogP contribution in [0.4, 0.5) is 0 Å². The molecule has 3 aromatic carbocycles. The topological polar surface area (TPSA) is 111 Å². The van der Waals surface area contributed by atoms with Crippen LogP contribution in [-0.4, -0.2) is 47.9 Å². The number of oxime groups is 1. The molecule has 1 atom stereocenters. The smallest absolute Gasteiger partial charge is 0.338 e. The number of aliphatic hydroxyl groups is 1. The first kappa shape index (κ1) is 26.7. The van der Waals surface area contributed by atoms with E-state index in [0.717, 1.165) is 9.79 Å². The predicted molar refractivity (Wildman–Crippen MR) is 134 cm³/mol. The number of rotatable bonds is 11. The molecule has 3 aromatic rings. The third kappa shape index (κ3) is 8.37. The Morgan fingerprint density at radius 1 is 0.833 bits per heavy atom.